The molecule has 0 amide bonds. The van der Waals surface area contributed by atoms with Gasteiger partial charge in [-0.1, -0.05) is 19.1 Å². The molecule has 100 valence electrons. The van der Waals surface area contributed by atoms with Crippen LogP contribution < -0.4 is 5.73 Å². The lowest BCUT2D eigenvalue weighted by Crippen LogP contribution is -2.03. The molecule has 2 rings (SSSR count). The van der Waals surface area contributed by atoms with Crippen LogP contribution in [0, 0.1) is 0 Å². The topological polar surface area (TPSA) is 76.5 Å². The van der Waals surface area contributed by atoms with E-state index in [2.05, 4.69) is 6.92 Å². The summed E-state index contributed by atoms with van der Waals surface area (Å²) in [7, 11) is 0. The summed E-state index contributed by atoms with van der Waals surface area (Å²) in [6, 6.07) is 10.5. The second-order valence-corrected chi connectivity index (χ2v) is 4.56. The van der Waals surface area contributed by atoms with Crippen LogP contribution in [0.3, 0.4) is 0 Å². The molecule has 3 N–H and O–H groups in total. The second kappa shape index (κ2) is 5.71. The van der Waals surface area contributed by atoms with Gasteiger partial charge < -0.3 is 15.3 Å². The van der Waals surface area contributed by atoms with Crippen LogP contribution in [0.5, 0.6) is 0 Å². The zero-order chi connectivity index (χ0) is 13.8. The Balaban J connectivity index is 2.20. The Morgan fingerprint density at radius 1 is 1.26 bits per heavy atom. The lowest BCUT2D eigenvalue weighted by atomic mass is 10.1. The minimum atomic E-state index is -0.928. The Morgan fingerprint density at radius 2 is 1.95 bits per heavy atom. The fraction of sp³-hybridized carbons (Fsp3) is 0.267. The summed E-state index contributed by atoms with van der Waals surface area (Å²) >= 11 is 0. The highest BCUT2D eigenvalue weighted by atomic mass is 16.4. The van der Waals surface area contributed by atoms with E-state index in [9.17, 15) is 4.79 Å². The van der Waals surface area contributed by atoms with Crippen molar-refractivity contribution in [2.45, 2.75) is 19.3 Å². The molecule has 0 aliphatic heterocycles. The molecule has 1 atom stereocenters. The number of hydrogen-bond acceptors (Lipinski definition) is 3. The number of benzene rings is 1. The molecule has 0 fully saturated rings. The molecule has 1 unspecified atom stereocenters. The van der Waals surface area contributed by atoms with Crippen molar-refractivity contribution in [2.75, 3.05) is 6.54 Å². The van der Waals surface area contributed by atoms with Crippen molar-refractivity contribution in [3.05, 3.63) is 47.7 Å². The van der Waals surface area contributed by atoms with Crippen LogP contribution in [0.1, 0.15) is 35.4 Å². The van der Waals surface area contributed by atoms with Gasteiger partial charge in [-0.3, -0.25) is 0 Å². The van der Waals surface area contributed by atoms with E-state index >= 15 is 0 Å². The third-order valence-electron chi connectivity index (χ3n) is 3.13. The van der Waals surface area contributed by atoms with Gasteiger partial charge in [0.15, 0.2) is 0 Å². The van der Waals surface area contributed by atoms with Crippen LogP contribution in [0.25, 0.3) is 11.3 Å². The van der Waals surface area contributed by atoms with Gasteiger partial charge in [0, 0.05) is 11.5 Å². The number of furan rings is 1. The maximum Gasteiger partial charge on any atom is 0.335 e. The summed E-state index contributed by atoms with van der Waals surface area (Å²) < 4.78 is 5.78. The first kappa shape index (κ1) is 13.4. The summed E-state index contributed by atoms with van der Waals surface area (Å²) in [4.78, 5) is 10.8. The van der Waals surface area contributed by atoms with Gasteiger partial charge in [-0.2, -0.15) is 0 Å². The standard InChI is InChI=1S/C15H17NO3/c1-10(8-9-16)13-6-7-14(19-13)11-2-4-12(5-3-11)15(17)18/h2-7,10H,8-9,16H2,1H3,(H,17,18). The SMILES string of the molecule is CC(CCN)c1ccc(-c2ccc(C(=O)O)cc2)o1. The lowest BCUT2D eigenvalue weighted by Gasteiger charge is -2.05. The van der Waals surface area contributed by atoms with E-state index in [0.29, 0.717) is 6.54 Å². The van der Waals surface area contributed by atoms with E-state index in [0.717, 1.165) is 23.5 Å². The third-order valence-corrected chi connectivity index (χ3v) is 3.13. The van der Waals surface area contributed by atoms with Crippen LogP contribution in [-0.4, -0.2) is 17.6 Å². The number of aromatic carboxylic acids is 1. The van der Waals surface area contributed by atoms with Crippen LogP contribution in [0.2, 0.25) is 0 Å². The Kier molecular flexibility index (Phi) is 4.02. The Bertz CT molecular complexity index is 557. The average Bonchev–Trinajstić information content (AvgIpc) is 2.89. The van der Waals surface area contributed by atoms with Crippen molar-refractivity contribution in [3.8, 4) is 11.3 Å². The first-order chi connectivity index (χ1) is 9.11. The summed E-state index contributed by atoms with van der Waals surface area (Å²) in [5.74, 6) is 1.01. The van der Waals surface area contributed by atoms with Crippen molar-refractivity contribution in [1.82, 2.24) is 0 Å². The normalized spacial score (nSPS) is 12.3. The highest BCUT2D eigenvalue weighted by Gasteiger charge is 2.11. The summed E-state index contributed by atoms with van der Waals surface area (Å²) in [5.41, 5.74) is 6.67. The predicted molar refractivity (Wildman–Crippen MR) is 73.2 cm³/mol. The predicted octanol–water partition coefficient (Wildman–Crippen LogP) is 3.10. The molecule has 1 aromatic carbocycles. The summed E-state index contributed by atoms with van der Waals surface area (Å²) in [6.07, 6.45) is 0.880. The maximum absolute atomic E-state index is 10.8. The number of carboxylic acids is 1. The molecule has 0 radical (unpaired) electrons. The highest BCUT2D eigenvalue weighted by molar-refractivity contribution is 5.88. The molecule has 0 saturated carbocycles. The van der Waals surface area contributed by atoms with Gasteiger partial charge >= 0.3 is 5.97 Å². The van der Waals surface area contributed by atoms with E-state index in [1.807, 2.05) is 12.1 Å². The maximum atomic E-state index is 10.8. The van der Waals surface area contributed by atoms with Gasteiger partial charge in [0.2, 0.25) is 0 Å². The Morgan fingerprint density at radius 3 is 2.53 bits per heavy atom. The fourth-order valence-electron chi connectivity index (χ4n) is 1.94. The second-order valence-electron chi connectivity index (χ2n) is 4.56. The van der Waals surface area contributed by atoms with Gasteiger partial charge in [0.05, 0.1) is 5.56 Å². The summed E-state index contributed by atoms with van der Waals surface area (Å²) in [5, 5.41) is 8.85. The minimum Gasteiger partial charge on any atom is -0.478 e. The molecule has 0 aliphatic rings. The molecule has 2 aromatic rings. The van der Waals surface area contributed by atoms with Crippen LogP contribution in [-0.2, 0) is 0 Å². The van der Waals surface area contributed by atoms with Gasteiger partial charge in [-0.15, -0.1) is 0 Å². The van der Waals surface area contributed by atoms with Crippen molar-refractivity contribution in [1.29, 1.82) is 0 Å². The zero-order valence-electron chi connectivity index (χ0n) is 10.8. The number of nitrogens with two attached hydrogens (primary N) is 1. The number of carboxylic acid groups (broad SMARTS) is 1. The first-order valence-corrected chi connectivity index (χ1v) is 6.25. The number of hydrogen-bond donors (Lipinski definition) is 2. The number of carbonyl (C=O) groups is 1. The van der Waals surface area contributed by atoms with Crippen molar-refractivity contribution in [3.63, 3.8) is 0 Å². The van der Waals surface area contributed by atoms with E-state index in [1.54, 1.807) is 24.3 Å². The minimum absolute atomic E-state index is 0.270. The van der Waals surface area contributed by atoms with E-state index < -0.39 is 5.97 Å². The molecule has 0 aliphatic carbocycles. The van der Waals surface area contributed by atoms with Crippen molar-refractivity contribution < 1.29 is 14.3 Å². The molecule has 0 spiro atoms. The quantitative estimate of drug-likeness (QED) is 0.865. The monoisotopic (exact) mass is 259 g/mol. The van der Waals surface area contributed by atoms with Gasteiger partial charge in [0.25, 0.3) is 0 Å². The van der Waals surface area contributed by atoms with Gasteiger partial charge in [0.1, 0.15) is 11.5 Å². The van der Waals surface area contributed by atoms with Crippen LogP contribution in [0.4, 0.5) is 0 Å². The van der Waals surface area contributed by atoms with Crippen molar-refractivity contribution in [2.24, 2.45) is 5.73 Å². The van der Waals surface area contributed by atoms with E-state index in [4.69, 9.17) is 15.3 Å². The average molecular weight is 259 g/mol. The largest absolute Gasteiger partial charge is 0.478 e. The van der Waals surface area contributed by atoms with Crippen molar-refractivity contribution >= 4 is 5.97 Å². The highest BCUT2D eigenvalue weighted by Crippen LogP contribution is 2.27. The third kappa shape index (κ3) is 3.03. The molecule has 4 nitrogen and oxygen atoms in total. The Labute approximate surface area is 111 Å². The first-order valence-electron chi connectivity index (χ1n) is 6.25. The molecule has 1 heterocycles. The number of rotatable bonds is 5. The van der Waals surface area contributed by atoms with Crippen LogP contribution in [0.15, 0.2) is 40.8 Å². The molecule has 19 heavy (non-hydrogen) atoms. The molecule has 0 saturated heterocycles. The molecular weight excluding hydrogens is 242 g/mol. The van der Waals surface area contributed by atoms with Gasteiger partial charge in [-0.25, -0.2) is 4.79 Å². The van der Waals surface area contributed by atoms with E-state index in [-0.39, 0.29) is 11.5 Å². The Hall–Kier alpha value is -2.07. The molecular formula is C15H17NO3. The lowest BCUT2D eigenvalue weighted by molar-refractivity contribution is 0.0697. The van der Waals surface area contributed by atoms with Crippen LogP contribution >= 0.6 is 0 Å². The smallest absolute Gasteiger partial charge is 0.335 e. The van der Waals surface area contributed by atoms with E-state index in [1.165, 1.54) is 0 Å². The molecule has 4 heteroatoms. The molecule has 0 bridgehead atoms. The molecule has 1 aromatic heterocycles. The van der Waals surface area contributed by atoms with Gasteiger partial charge in [-0.05, 0) is 37.2 Å². The summed E-state index contributed by atoms with van der Waals surface area (Å²) in [6.45, 7) is 2.70. The zero-order valence-corrected chi connectivity index (χ0v) is 10.8. The fourth-order valence-corrected chi connectivity index (χ4v) is 1.94.